The Morgan fingerprint density at radius 2 is 1.86 bits per heavy atom. The fourth-order valence-electron chi connectivity index (χ4n) is 2.30. The molecule has 0 aliphatic heterocycles. The molecule has 0 bridgehead atoms. The van der Waals surface area contributed by atoms with E-state index in [1.165, 1.54) is 11.3 Å². The molecule has 0 atom stereocenters. The Morgan fingerprint density at radius 3 is 2.57 bits per heavy atom. The first kappa shape index (κ1) is 19.9. The maximum Gasteiger partial charge on any atom is 0.358 e. The predicted molar refractivity (Wildman–Crippen MR) is 113 cm³/mol. The summed E-state index contributed by atoms with van der Waals surface area (Å²) in [5.74, 6) is -1.03. The van der Waals surface area contributed by atoms with Crippen LogP contribution in [0, 0.1) is 0 Å². The van der Waals surface area contributed by atoms with Crippen molar-refractivity contribution in [2.45, 2.75) is 11.4 Å². The van der Waals surface area contributed by atoms with Crippen LogP contribution < -0.4 is 10.6 Å². The number of thioether (sulfide) groups is 1. The van der Waals surface area contributed by atoms with Crippen LogP contribution in [-0.2, 0) is 16.1 Å². The van der Waals surface area contributed by atoms with Crippen LogP contribution in [-0.4, -0.2) is 29.7 Å². The van der Waals surface area contributed by atoms with E-state index in [9.17, 15) is 9.59 Å². The van der Waals surface area contributed by atoms with Crippen molar-refractivity contribution in [2.75, 3.05) is 23.5 Å². The van der Waals surface area contributed by atoms with Gasteiger partial charge in [-0.2, -0.15) is 0 Å². The standard InChI is InChI=1S/C20H19N3O3S2/c1-27-16-9-7-15(8-10-16)22-18(24)12-26-19(25)17-13-28-20(23-17)21-11-14-5-3-2-4-6-14/h2-10,13H,11-12H2,1H3,(H,21,23)(H,22,24). The predicted octanol–water partition coefficient (Wildman–Crippen LogP) is 4.27. The lowest BCUT2D eigenvalue weighted by atomic mass is 10.2. The fourth-order valence-corrected chi connectivity index (χ4v) is 3.39. The molecule has 0 saturated carbocycles. The first-order valence-corrected chi connectivity index (χ1v) is 10.6. The summed E-state index contributed by atoms with van der Waals surface area (Å²) in [6, 6.07) is 17.3. The molecular weight excluding hydrogens is 394 g/mol. The van der Waals surface area contributed by atoms with Gasteiger partial charge in [-0.25, -0.2) is 9.78 Å². The van der Waals surface area contributed by atoms with E-state index in [4.69, 9.17) is 4.74 Å². The lowest BCUT2D eigenvalue weighted by molar-refractivity contribution is -0.119. The molecular formula is C20H19N3O3S2. The molecule has 0 aliphatic rings. The molecule has 0 saturated heterocycles. The Kier molecular flexibility index (Phi) is 7.05. The number of esters is 1. The summed E-state index contributed by atoms with van der Waals surface area (Å²) in [5.41, 5.74) is 1.95. The SMILES string of the molecule is CSc1ccc(NC(=O)COC(=O)c2csc(NCc3ccccc3)n2)cc1. The molecule has 2 aromatic carbocycles. The molecule has 1 amide bonds. The second-order valence-electron chi connectivity index (χ2n) is 5.73. The molecule has 1 aromatic heterocycles. The van der Waals surface area contributed by atoms with Gasteiger partial charge in [0.25, 0.3) is 5.91 Å². The number of nitrogens with one attached hydrogen (secondary N) is 2. The van der Waals surface area contributed by atoms with Gasteiger partial charge >= 0.3 is 5.97 Å². The van der Waals surface area contributed by atoms with E-state index >= 15 is 0 Å². The van der Waals surface area contributed by atoms with Gasteiger partial charge in [0.05, 0.1) is 0 Å². The van der Waals surface area contributed by atoms with Crippen LogP contribution in [0.5, 0.6) is 0 Å². The quantitative estimate of drug-likeness (QED) is 0.424. The van der Waals surface area contributed by atoms with Crippen LogP contribution in [0.25, 0.3) is 0 Å². The van der Waals surface area contributed by atoms with E-state index in [0.717, 1.165) is 10.5 Å². The number of hydrogen-bond acceptors (Lipinski definition) is 7. The molecule has 3 rings (SSSR count). The number of nitrogens with zero attached hydrogens (tertiary/aromatic N) is 1. The van der Waals surface area contributed by atoms with Crippen LogP contribution >= 0.6 is 23.1 Å². The van der Waals surface area contributed by atoms with Crippen molar-refractivity contribution >= 4 is 45.8 Å². The van der Waals surface area contributed by atoms with Gasteiger partial charge in [-0.1, -0.05) is 30.3 Å². The van der Waals surface area contributed by atoms with E-state index in [2.05, 4.69) is 15.6 Å². The zero-order chi connectivity index (χ0) is 19.8. The van der Waals surface area contributed by atoms with Crippen molar-refractivity contribution in [1.29, 1.82) is 0 Å². The van der Waals surface area contributed by atoms with Crippen LogP contribution in [0.15, 0.2) is 64.9 Å². The molecule has 1 heterocycles. The zero-order valence-electron chi connectivity index (χ0n) is 15.2. The Hall–Kier alpha value is -2.84. The van der Waals surface area contributed by atoms with Gasteiger partial charge in [-0.15, -0.1) is 23.1 Å². The maximum absolute atomic E-state index is 12.1. The number of ether oxygens (including phenoxy) is 1. The molecule has 3 aromatic rings. The van der Waals surface area contributed by atoms with E-state index in [1.54, 1.807) is 29.3 Å². The van der Waals surface area contributed by atoms with Crippen LogP contribution in [0.3, 0.4) is 0 Å². The summed E-state index contributed by atoms with van der Waals surface area (Å²) < 4.78 is 5.04. The number of hydrogen-bond donors (Lipinski definition) is 2. The third-order valence-corrected chi connectivity index (χ3v) is 5.25. The van der Waals surface area contributed by atoms with Crippen LogP contribution in [0.2, 0.25) is 0 Å². The van der Waals surface area contributed by atoms with Gasteiger partial charge in [0.1, 0.15) is 0 Å². The normalized spacial score (nSPS) is 10.3. The van der Waals surface area contributed by atoms with Gasteiger partial charge in [-0.05, 0) is 36.1 Å². The minimum absolute atomic E-state index is 0.178. The highest BCUT2D eigenvalue weighted by Crippen LogP contribution is 2.18. The molecule has 0 radical (unpaired) electrons. The Morgan fingerprint density at radius 1 is 1.11 bits per heavy atom. The number of aromatic nitrogens is 1. The second kappa shape index (κ2) is 9.91. The molecule has 2 N–H and O–H groups in total. The number of benzene rings is 2. The first-order chi connectivity index (χ1) is 13.6. The lowest BCUT2D eigenvalue weighted by Crippen LogP contribution is -2.21. The van der Waals surface area contributed by atoms with E-state index in [-0.39, 0.29) is 12.3 Å². The van der Waals surface area contributed by atoms with Crippen molar-refractivity contribution in [1.82, 2.24) is 4.98 Å². The number of rotatable bonds is 8. The summed E-state index contributed by atoms with van der Waals surface area (Å²) in [6.07, 6.45) is 1.98. The van der Waals surface area contributed by atoms with Crippen molar-refractivity contribution in [3.63, 3.8) is 0 Å². The molecule has 0 unspecified atom stereocenters. The molecule has 0 fully saturated rings. The third kappa shape index (κ3) is 5.83. The highest BCUT2D eigenvalue weighted by atomic mass is 32.2. The number of carbonyl (C=O) groups excluding carboxylic acids is 2. The van der Waals surface area contributed by atoms with Gasteiger partial charge in [-0.3, -0.25) is 4.79 Å². The molecule has 8 heteroatoms. The molecule has 6 nitrogen and oxygen atoms in total. The largest absolute Gasteiger partial charge is 0.451 e. The summed E-state index contributed by atoms with van der Waals surface area (Å²) in [4.78, 5) is 29.3. The number of thiazole rings is 1. The molecule has 28 heavy (non-hydrogen) atoms. The van der Waals surface area contributed by atoms with Gasteiger partial charge in [0.2, 0.25) is 0 Å². The smallest absolute Gasteiger partial charge is 0.358 e. The molecule has 0 aliphatic carbocycles. The van der Waals surface area contributed by atoms with Crippen molar-refractivity contribution in [2.24, 2.45) is 0 Å². The van der Waals surface area contributed by atoms with Crippen molar-refractivity contribution in [3.05, 3.63) is 71.2 Å². The Labute approximate surface area is 171 Å². The van der Waals surface area contributed by atoms with Gasteiger partial charge in [0, 0.05) is 22.5 Å². The monoisotopic (exact) mass is 413 g/mol. The summed E-state index contributed by atoms with van der Waals surface area (Å²) in [7, 11) is 0. The highest BCUT2D eigenvalue weighted by molar-refractivity contribution is 7.98. The van der Waals surface area contributed by atoms with E-state index in [1.807, 2.05) is 48.7 Å². The Balaban J connectivity index is 1.45. The van der Waals surface area contributed by atoms with Gasteiger partial charge < -0.3 is 15.4 Å². The minimum atomic E-state index is -0.628. The van der Waals surface area contributed by atoms with E-state index in [0.29, 0.717) is 17.4 Å². The maximum atomic E-state index is 12.1. The van der Waals surface area contributed by atoms with Crippen molar-refractivity contribution < 1.29 is 14.3 Å². The number of anilines is 2. The highest BCUT2D eigenvalue weighted by Gasteiger charge is 2.14. The average molecular weight is 414 g/mol. The third-order valence-electron chi connectivity index (χ3n) is 3.71. The van der Waals surface area contributed by atoms with Gasteiger partial charge in [0.15, 0.2) is 17.4 Å². The first-order valence-electron chi connectivity index (χ1n) is 8.48. The zero-order valence-corrected chi connectivity index (χ0v) is 16.8. The molecule has 144 valence electrons. The minimum Gasteiger partial charge on any atom is -0.451 e. The topological polar surface area (TPSA) is 80.3 Å². The second-order valence-corrected chi connectivity index (χ2v) is 7.47. The fraction of sp³-hybridized carbons (Fsp3) is 0.150. The lowest BCUT2D eigenvalue weighted by Gasteiger charge is -2.06. The van der Waals surface area contributed by atoms with Crippen LogP contribution in [0.4, 0.5) is 10.8 Å². The van der Waals surface area contributed by atoms with Crippen molar-refractivity contribution in [3.8, 4) is 0 Å². The average Bonchev–Trinajstić information content (AvgIpc) is 3.21. The number of carbonyl (C=O) groups is 2. The van der Waals surface area contributed by atoms with E-state index < -0.39 is 11.9 Å². The summed E-state index contributed by atoms with van der Waals surface area (Å²) >= 11 is 2.93. The Bertz CT molecular complexity index is 927. The summed E-state index contributed by atoms with van der Waals surface area (Å²) in [5, 5.41) is 8.08. The molecule has 0 spiro atoms. The summed E-state index contributed by atoms with van der Waals surface area (Å²) in [6.45, 7) is 0.244. The number of amides is 1. The van der Waals surface area contributed by atoms with Crippen LogP contribution in [0.1, 0.15) is 16.1 Å².